The smallest absolute Gasteiger partial charge is 0.253 e. The van der Waals surface area contributed by atoms with E-state index >= 15 is 0 Å². The molecule has 0 N–H and O–H groups in total. The monoisotopic (exact) mass is 289 g/mol. The van der Waals surface area contributed by atoms with Crippen molar-refractivity contribution in [2.75, 3.05) is 13.1 Å². The molecule has 0 aromatic heterocycles. The van der Waals surface area contributed by atoms with Crippen molar-refractivity contribution in [2.24, 2.45) is 0 Å². The molecule has 2 nitrogen and oxygen atoms in total. The Morgan fingerprint density at radius 2 is 1.93 bits per heavy atom. The van der Waals surface area contributed by atoms with Gasteiger partial charge in [-0.3, -0.25) is 4.79 Å². The SMILES string of the molecule is CCN(CC)C(=O)c1cc(Cl)cc(Br)c1. The van der Waals surface area contributed by atoms with E-state index < -0.39 is 0 Å². The molecule has 0 atom stereocenters. The van der Waals surface area contributed by atoms with E-state index in [0.717, 1.165) is 4.47 Å². The minimum Gasteiger partial charge on any atom is -0.339 e. The van der Waals surface area contributed by atoms with Crippen molar-refractivity contribution < 1.29 is 4.79 Å². The number of carbonyl (C=O) groups is 1. The predicted octanol–water partition coefficient (Wildman–Crippen LogP) is 3.58. The van der Waals surface area contributed by atoms with Crippen molar-refractivity contribution in [3.63, 3.8) is 0 Å². The van der Waals surface area contributed by atoms with Gasteiger partial charge in [0.15, 0.2) is 0 Å². The molecule has 0 fully saturated rings. The topological polar surface area (TPSA) is 20.3 Å². The maximum absolute atomic E-state index is 12.0. The molecule has 0 aliphatic rings. The van der Waals surface area contributed by atoms with Crippen molar-refractivity contribution >= 4 is 33.4 Å². The Kier molecular flexibility index (Phi) is 4.61. The number of amides is 1. The molecule has 1 aromatic rings. The molecule has 15 heavy (non-hydrogen) atoms. The maximum atomic E-state index is 12.0. The molecule has 0 saturated heterocycles. The zero-order chi connectivity index (χ0) is 11.4. The van der Waals surface area contributed by atoms with E-state index in [-0.39, 0.29) is 5.91 Å². The van der Waals surface area contributed by atoms with Crippen LogP contribution in [0.4, 0.5) is 0 Å². The molecular formula is C11H13BrClNO. The molecule has 0 aliphatic carbocycles. The molecule has 0 heterocycles. The number of carbonyl (C=O) groups excluding carboxylic acids is 1. The summed E-state index contributed by atoms with van der Waals surface area (Å²) in [4.78, 5) is 13.7. The Hall–Kier alpha value is -0.540. The third-order valence-electron chi connectivity index (χ3n) is 2.16. The van der Waals surface area contributed by atoms with Crippen LogP contribution in [0.3, 0.4) is 0 Å². The van der Waals surface area contributed by atoms with Crippen molar-refractivity contribution in [1.82, 2.24) is 4.90 Å². The summed E-state index contributed by atoms with van der Waals surface area (Å²) in [7, 11) is 0. The van der Waals surface area contributed by atoms with Gasteiger partial charge in [-0.25, -0.2) is 0 Å². The quantitative estimate of drug-likeness (QED) is 0.833. The summed E-state index contributed by atoms with van der Waals surface area (Å²) in [5, 5.41) is 0.569. The Morgan fingerprint density at radius 1 is 1.33 bits per heavy atom. The summed E-state index contributed by atoms with van der Waals surface area (Å²) in [6, 6.07) is 5.24. The van der Waals surface area contributed by atoms with Gasteiger partial charge in [0.1, 0.15) is 0 Å². The van der Waals surface area contributed by atoms with E-state index in [1.807, 2.05) is 13.8 Å². The lowest BCUT2D eigenvalue weighted by atomic mass is 10.2. The molecule has 1 rings (SSSR count). The lowest BCUT2D eigenvalue weighted by Gasteiger charge is -2.18. The Morgan fingerprint density at radius 3 is 2.40 bits per heavy atom. The lowest BCUT2D eigenvalue weighted by Crippen LogP contribution is -2.30. The number of benzene rings is 1. The minimum atomic E-state index is 0.0169. The highest BCUT2D eigenvalue weighted by Crippen LogP contribution is 2.20. The Labute approximate surface area is 103 Å². The fourth-order valence-electron chi connectivity index (χ4n) is 1.37. The summed E-state index contributed by atoms with van der Waals surface area (Å²) in [5.41, 5.74) is 0.623. The molecule has 0 bridgehead atoms. The van der Waals surface area contributed by atoms with E-state index in [9.17, 15) is 4.79 Å². The van der Waals surface area contributed by atoms with Gasteiger partial charge in [0.25, 0.3) is 5.91 Å². The van der Waals surface area contributed by atoms with Crippen LogP contribution >= 0.6 is 27.5 Å². The summed E-state index contributed by atoms with van der Waals surface area (Å²) >= 11 is 9.20. The zero-order valence-electron chi connectivity index (χ0n) is 8.76. The van der Waals surface area contributed by atoms with Gasteiger partial charge in [-0.1, -0.05) is 27.5 Å². The van der Waals surface area contributed by atoms with Crippen molar-refractivity contribution in [1.29, 1.82) is 0 Å². The Balaban J connectivity index is 3.00. The highest BCUT2D eigenvalue weighted by Gasteiger charge is 2.13. The van der Waals surface area contributed by atoms with Crippen LogP contribution in [-0.2, 0) is 0 Å². The fourth-order valence-corrected chi connectivity index (χ4v) is 2.23. The molecule has 0 unspecified atom stereocenters. The van der Waals surface area contributed by atoms with Gasteiger partial charge in [0.2, 0.25) is 0 Å². The first kappa shape index (κ1) is 12.5. The number of hydrogen-bond acceptors (Lipinski definition) is 1. The predicted molar refractivity (Wildman–Crippen MR) is 66.4 cm³/mol. The molecule has 1 amide bonds. The molecule has 0 aliphatic heterocycles. The summed E-state index contributed by atoms with van der Waals surface area (Å²) < 4.78 is 0.825. The van der Waals surface area contributed by atoms with Gasteiger partial charge in [-0.15, -0.1) is 0 Å². The van der Waals surface area contributed by atoms with Crippen LogP contribution in [0, 0.1) is 0 Å². The van der Waals surface area contributed by atoms with Crippen LogP contribution in [-0.4, -0.2) is 23.9 Å². The van der Waals surface area contributed by atoms with Crippen LogP contribution in [0.25, 0.3) is 0 Å². The van der Waals surface area contributed by atoms with E-state index in [4.69, 9.17) is 11.6 Å². The molecule has 1 aromatic carbocycles. The third kappa shape index (κ3) is 3.21. The van der Waals surface area contributed by atoms with Crippen LogP contribution in [0.15, 0.2) is 22.7 Å². The van der Waals surface area contributed by atoms with Gasteiger partial charge in [-0.05, 0) is 32.0 Å². The number of hydrogen-bond donors (Lipinski definition) is 0. The standard InChI is InChI=1S/C11H13BrClNO/c1-3-14(4-2)11(15)8-5-9(12)7-10(13)6-8/h5-7H,3-4H2,1-2H3. The minimum absolute atomic E-state index is 0.0169. The molecular weight excluding hydrogens is 277 g/mol. The van der Waals surface area contributed by atoms with Crippen LogP contribution in [0.2, 0.25) is 5.02 Å². The van der Waals surface area contributed by atoms with Gasteiger partial charge < -0.3 is 4.90 Å². The van der Waals surface area contributed by atoms with Gasteiger partial charge in [0.05, 0.1) is 0 Å². The molecule has 4 heteroatoms. The van der Waals surface area contributed by atoms with E-state index in [1.165, 1.54) is 0 Å². The van der Waals surface area contributed by atoms with Gasteiger partial charge in [-0.2, -0.15) is 0 Å². The lowest BCUT2D eigenvalue weighted by molar-refractivity contribution is 0.0773. The Bertz CT molecular complexity index is 343. The molecule has 0 spiro atoms. The van der Waals surface area contributed by atoms with E-state index in [1.54, 1.807) is 23.1 Å². The first-order chi connectivity index (χ1) is 7.08. The average molecular weight is 291 g/mol. The van der Waals surface area contributed by atoms with Gasteiger partial charge >= 0.3 is 0 Å². The molecule has 0 radical (unpaired) electrons. The zero-order valence-corrected chi connectivity index (χ0v) is 11.1. The van der Waals surface area contributed by atoms with Crippen LogP contribution < -0.4 is 0 Å². The first-order valence-corrected chi connectivity index (χ1v) is 6.01. The van der Waals surface area contributed by atoms with Crippen molar-refractivity contribution in [3.05, 3.63) is 33.3 Å². The molecule has 82 valence electrons. The second-order valence-corrected chi connectivity index (χ2v) is 4.49. The van der Waals surface area contributed by atoms with Crippen molar-refractivity contribution in [2.45, 2.75) is 13.8 Å². The number of halogens is 2. The molecule has 0 saturated carbocycles. The van der Waals surface area contributed by atoms with E-state index in [0.29, 0.717) is 23.7 Å². The highest BCUT2D eigenvalue weighted by atomic mass is 79.9. The first-order valence-electron chi connectivity index (χ1n) is 4.83. The highest BCUT2D eigenvalue weighted by molar-refractivity contribution is 9.10. The number of rotatable bonds is 3. The average Bonchev–Trinajstić information content (AvgIpc) is 2.18. The summed E-state index contributed by atoms with van der Waals surface area (Å²) in [5.74, 6) is 0.0169. The third-order valence-corrected chi connectivity index (χ3v) is 2.84. The van der Waals surface area contributed by atoms with Crippen LogP contribution in [0.1, 0.15) is 24.2 Å². The maximum Gasteiger partial charge on any atom is 0.253 e. The van der Waals surface area contributed by atoms with E-state index in [2.05, 4.69) is 15.9 Å². The fraction of sp³-hybridized carbons (Fsp3) is 0.364. The second-order valence-electron chi connectivity index (χ2n) is 3.14. The summed E-state index contributed by atoms with van der Waals surface area (Å²) in [6.07, 6.45) is 0. The summed E-state index contributed by atoms with van der Waals surface area (Å²) in [6.45, 7) is 5.33. The number of nitrogens with zero attached hydrogens (tertiary/aromatic N) is 1. The van der Waals surface area contributed by atoms with Crippen molar-refractivity contribution in [3.8, 4) is 0 Å². The second kappa shape index (κ2) is 5.52. The largest absolute Gasteiger partial charge is 0.339 e. The van der Waals surface area contributed by atoms with Crippen LogP contribution in [0.5, 0.6) is 0 Å². The normalized spacial score (nSPS) is 10.1. The van der Waals surface area contributed by atoms with Gasteiger partial charge in [0, 0.05) is 28.1 Å².